The number of hydrogen-bond acceptors (Lipinski definition) is 2. The largest absolute Gasteiger partial charge is 0.496 e. The monoisotopic (exact) mass is 287 g/mol. The highest BCUT2D eigenvalue weighted by Gasteiger charge is 2.22. The van der Waals surface area contributed by atoms with E-state index in [1.807, 2.05) is 6.07 Å². The van der Waals surface area contributed by atoms with E-state index < -0.39 is 0 Å². The second-order valence-corrected chi connectivity index (χ2v) is 4.92. The third-order valence-electron chi connectivity index (χ3n) is 2.94. The molecule has 1 aromatic rings. The summed E-state index contributed by atoms with van der Waals surface area (Å²) in [6, 6.07) is 3.39. The van der Waals surface area contributed by atoms with Crippen molar-refractivity contribution in [2.24, 2.45) is 0 Å². The molecule has 1 atom stereocenters. The van der Waals surface area contributed by atoms with Gasteiger partial charge in [-0.25, -0.2) is 4.39 Å². The van der Waals surface area contributed by atoms with E-state index in [1.165, 1.54) is 6.07 Å². The van der Waals surface area contributed by atoms with Crippen LogP contribution in [-0.4, -0.2) is 13.7 Å². The van der Waals surface area contributed by atoms with Gasteiger partial charge in [-0.1, -0.05) is 22.4 Å². The lowest BCUT2D eigenvalue weighted by molar-refractivity contribution is 0.362. The van der Waals surface area contributed by atoms with Gasteiger partial charge in [0.1, 0.15) is 11.6 Å². The summed E-state index contributed by atoms with van der Waals surface area (Å²) >= 11 is 3.27. The van der Waals surface area contributed by atoms with Crippen LogP contribution >= 0.6 is 15.9 Å². The summed E-state index contributed by atoms with van der Waals surface area (Å²) in [5, 5.41) is 3.34. The van der Waals surface area contributed by atoms with Crippen molar-refractivity contribution in [1.82, 2.24) is 5.32 Å². The van der Waals surface area contributed by atoms with Crippen LogP contribution in [0.2, 0.25) is 0 Å². The highest BCUT2D eigenvalue weighted by Crippen LogP contribution is 2.34. The summed E-state index contributed by atoms with van der Waals surface area (Å²) in [6.45, 7) is 0.948. The molecule has 0 radical (unpaired) electrons. The molecule has 0 spiro atoms. The van der Waals surface area contributed by atoms with Gasteiger partial charge in [0.25, 0.3) is 0 Å². The molecule has 2 rings (SSSR count). The lowest BCUT2D eigenvalue weighted by Gasteiger charge is -2.25. The Morgan fingerprint density at radius 3 is 2.88 bits per heavy atom. The summed E-state index contributed by atoms with van der Waals surface area (Å²) in [5.41, 5.74) is 0.658. The zero-order valence-electron chi connectivity index (χ0n) is 9.22. The van der Waals surface area contributed by atoms with Gasteiger partial charge in [0.2, 0.25) is 0 Å². The molecule has 1 aliphatic heterocycles. The molecule has 0 saturated carbocycles. The maximum absolute atomic E-state index is 13.9. The third-order valence-corrected chi connectivity index (χ3v) is 3.39. The van der Waals surface area contributed by atoms with Crippen molar-refractivity contribution in [3.63, 3.8) is 0 Å². The zero-order valence-corrected chi connectivity index (χ0v) is 10.8. The van der Waals surface area contributed by atoms with Gasteiger partial charge >= 0.3 is 0 Å². The fourth-order valence-electron chi connectivity index (χ4n) is 2.17. The van der Waals surface area contributed by atoms with E-state index in [0.717, 1.165) is 25.8 Å². The van der Waals surface area contributed by atoms with Crippen molar-refractivity contribution in [3.05, 3.63) is 28.0 Å². The Balaban J connectivity index is 2.37. The van der Waals surface area contributed by atoms with Crippen LogP contribution < -0.4 is 10.1 Å². The topological polar surface area (TPSA) is 21.3 Å². The molecule has 0 bridgehead atoms. The molecule has 1 aromatic carbocycles. The number of ether oxygens (including phenoxy) is 1. The van der Waals surface area contributed by atoms with Crippen molar-refractivity contribution >= 4 is 15.9 Å². The zero-order chi connectivity index (χ0) is 11.5. The fourth-order valence-corrected chi connectivity index (χ4v) is 2.58. The van der Waals surface area contributed by atoms with Gasteiger partial charge in [0.15, 0.2) is 0 Å². The quantitative estimate of drug-likeness (QED) is 0.900. The van der Waals surface area contributed by atoms with Gasteiger partial charge in [0, 0.05) is 16.1 Å². The van der Waals surface area contributed by atoms with E-state index in [0.29, 0.717) is 15.8 Å². The molecule has 1 heterocycles. The minimum Gasteiger partial charge on any atom is -0.496 e. The lowest BCUT2D eigenvalue weighted by atomic mass is 9.96. The fraction of sp³-hybridized carbons (Fsp3) is 0.500. The van der Waals surface area contributed by atoms with Gasteiger partial charge in [0.05, 0.1) is 7.11 Å². The number of rotatable bonds is 2. The van der Waals surface area contributed by atoms with Crippen LogP contribution in [-0.2, 0) is 0 Å². The number of hydrogen-bond donors (Lipinski definition) is 1. The van der Waals surface area contributed by atoms with E-state index in [4.69, 9.17) is 4.74 Å². The molecule has 1 fully saturated rings. The van der Waals surface area contributed by atoms with Crippen molar-refractivity contribution in [1.29, 1.82) is 0 Å². The lowest BCUT2D eigenvalue weighted by Crippen LogP contribution is -2.27. The number of nitrogens with one attached hydrogen (secondary N) is 1. The van der Waals surface area contributed by atoms with E-state index in [9.17, 15) is 4.39 Å². The Morgan fingerprint density at radius 2 is 2.25 bits per heavy atom. The van der Waals surface area contributed by atoms with Crippen LogP contribution in [0.1, 0.15) is 30.9 Å². The standard InChI is InChI=1S/C12H15BrFNO/c1-16-11-7-8(13)6-9(14)12(11)10-4-2-3-5-15-10/h6-7,10,15H,2-5H2,1H3. The highest BCUT2D eigenvalue weighted by molar-refractivity contribution is 9.10. The van der Waals surface area contributed by atoms with Gasteiger partial charge < -0.3 is 10.1 Å². The van der Waals surface area contributed by atoms with E-state index >= 15 is 0 Å². The summed E-state index contributed by atoms with van der Waals surface area (Å²) in [4.78, 5) is 0. The average Bonchev–Trinajstić information content (AvgIpc) is 2.29. The molecule has 0 amide bonds. The summed E-state index contributed by atoms with van der Waals surface area (Å²) in [6.07, 6.45) is 3.27. The Hall–Kier alpha value is -0.610. The Labute approximate surface area is 103 Å². The van der Waals surface area contributed by atoms with Crippen LogP contribution in [0.5, 0.6) is 5.75 Å². The minimum absolute atomic E-state index is 0.0804. The van der Waals surface area contributed by atoms with Crippen molar-refractivity contribution in [3.8, 4) is 5.75 Å². The molecule has 1 N–H and O–H groups in total. The van der Waals surface area contributed by atoms with Gasteiger partial charge in [-0.2, -0.15) is 0 Å². The Morgan fingerprint density at radius 1 is 1.44 bits per heavy atom. The van der Waals surface area contributed by atoms with E-state index in [-0.39, 0.29) is 11.9 Å². The van der Waals surface area contributed by atoms with Crippen molar-refractivity contribution in [2.75, 3.05) is 13.7 Å². The summed E-state index contributed by atoms with van der Waals surface area (Å²) < 4.78 is 19.9. The van der Waals surface area contributed by atoms with Crippen LogP contribution in [0.3, 0.4) is 0 Å². The van der Waals surface area contributed by atoms with Gasteiger partial charge in [-0.3, -0.25) is 0 Å². The molecule has 1 aliphatic rings. The molecule has 1 saturated heterocycles. The predicted molar refractivity (Wildman–Crippen MR) is 65.2 cm³/mol. The number of benzene rings is 1. The average molecular weight is 288 g/mol. The van der Waals surface area contributed by atoms with Crippen molar-refractivity contribution < 1.29 is 9.13 Å². The molecular weight excluding hydrogens is 273 g/mol. The molecule has 0 aromatic heterocycles. The van der Waals surface area contributed by atoms with Crippen LogP contribution in [0.25, 0.3) is 0 Å². The maximum Gasteiger partial charge on any atom is 0.132 e. The molecule has 1 unspecified atom stereocenters. The second-order valence-electron chi connectivity index (χ2n) is 4.01. The molecular formula is C12H15BrFNO. The molecule has 88 valence electrons. The van der Waals surface area contributed by atoms with Crippen LogP contribution in [0.15, 0.2) is 16.6 Å². The maximum atomic E-state index is 13.9. The van der Waals surface area contributed by atoms with Crippen molar-refractivity contribution in [2.45, 2.75) is 25.3 Å². The second kappa shape index (κ2) is 5.15. The van der Waals surface area contributed by atoms with Gasteiger partial charge in [-0.15, -0.1) is 0 Å². The van der Waals surface area contributed by atoms with E-state index in [1.54, 1.807) is 7.11 Å². The molecule has 0 aliphatic carbocycles. The summed E-state index contributed by atoms with van der Waals surface area (Å²) in [5.74, 6) is 0.414. The SMILES string of the molecule is COc1cc(Br)cc(F)c1C1CCCCN1. The number of piperidine rings is 1. The molecule has 2 nitrogen and oxygen atoms in total. The first-order chi connectivity index (χ1) is 7.72. The van der Waals surface area contributed by atoms with Crippen LogP contribution in [0.4, 0.5) is 4.39 Å². The van der Waals surface area contributed by atoms with Crippen LogP contribution in [0, 0.1) is 5.82 Å². The normalized spacial score (nSPS) is 20.8. The number of methoxy groups -OCH3 is 1. The minimum atomic E-state index is -0.203. The summed E-state index contributed by atoms with van der Waals surface area (Å²) in [7, 11) is 1.58. The Bertz CT molecular complexity index is 378. The first-order valence-electron chi connectivity index (χ1n) is 5.48. The predicted octanol–water partition coefficient (Wildman–Crippen LogP) is 3.41. The first-order valence-corrected chi connectivity index (χ1v) is 6.28. The molecule has 4 heteroatoms. The number of halogens is 2. The Kier molecular flexibility index (Phi) is 3.82. The first kappa shape index (κ1) is 11.9. The molecule has 16 heavy (non-hydrogen) atoms. The van der Waals surface area contributed by atoms with E-state index in [2.05, 4.69) is 21.2 Å². The third kappa shape index (κ3) is 2.38. The smallest absolute Gasteiger partial charge is 0.132 e. The van der Waals surface area contributed by atoms with Gasteiger partial charge in [-0.05, 0) is 31.5 Å². The highest BCUT2D eigenvalue weighted by atomic mass is 79.9.